The van der Waals surface area contributed by atoms with E-state index in [0.29, 0.717) is 0 Å². The molecule has 1 heterocycles. The normalized spacial score (nSPS) is 20.4. The van der Waals surface area contributed by atoms with E-state index in [1.807, 2.05) is 24.3 Å². The van der Waals surface area contributed by atoms with Gasteiger partial charge in [-0.15, -0.1) is 5.11 Å². The lowest BCUT2D eigenvalue weighted by molar-refractivity contribution is 0.133. The predicted molar refractivity (Wildman–Crippen MR) is 48.2 cm³/mol. The predicted octanol–water partition coefficient (Wildman–Crippen LogP) is 3.05. The Balaban J connectivity index is 2.22. The summed E-state index contributed by atoms with van der Waals surface area (Å²) in [6.07, 6.45) is -1.20. The highest BCUT2D eigenvalue weighted by atomic mass is 79.9. The van der Waals surface area contributed by atoms with Crippen molar-refractivity contribution in [3.8, 4) is 0 Å². The lowest BCUT2D eigenvalue weighted by atomic mass is 10.2. The molecule has 0 aliphatic carbocycles. The maximum atomic E-state index is 10.6. The number of carbonyl (C=O) groups is 1. The Hall–Kier alpha value is -1.23. The number of ether oxygens (including phenoxy) is 1. The van der Waals surface area contributed by atoms with Crippen molar-refractivity contribution in [2.45, 2.75) is 6.23 Å². The van der Waals surface area contributed by atoms with Crippen LogP contribution in [0.4, 0.5) is 4.79 Å². The number of cyclic esters (lactones) is 1. The maximum Gasteiger partial charge on any atom is 0.454 e. The van der Waals surface area contributed by atoms with E-state index in [2.05, 4.69) is 26.2 Å². The Morgan fingerprint density at radius 3 is 2.54 bits per heavy atom. The van der Waals surface area contributed by atoms with Gasteiger partial charge >= 0.3 is 6.09 Å². The zero-order chi connectivity index (χ0) is 9.26. The first-order chi connectivity index (χ1) is 6.25. The van der Waals surface area contributed by atoms with E-state index in [1.54, 1.807) is 0 Å². The van der Waals surface area contributed by atoms with E-state index in [1.165, 1.54) is 0 Å². The summed E-state index contributed by atoms with van der Waals surface area (Å²) >= 11 is 3.30. The summed E-state index contributed by atoms with van der Waals surface area (Å²) in [7, 11) is 0. The van der Waals surface area contributed by atoms with Crippen molar-refractivity contribution in [1.29, 1.82) is 0 Å². The molecular formula is C8H5BrN2O2. The summed E-state index contributed by atoms with van der Waals surface area (Å²) < 4.78 is 5.77. The van der Waals surface area contributed by atoms with Crippen LogP contribution in [0.25, 0.3) is 0 Å². The monoisotopic (exact) mass is 240 g/mol. The summed E-state index contributed by atoms with van der Waals surface area (Å²) in [6.45, 7) is 0. The van der Waals surface area contributed by atoms with Gasteiger partial charge in [-0.1, -0.05) is 33.2 Å². The van der Waals surface area contributed by atoms with Gasteiger partial charge in [0.05, 0.1) is 0 Å². The van der Waals surface area contributed by atoms with Gasteiger partial charge in [-0.25, -0.2) is 4.79 Å². The van der Waals surface area contributed by atoms with Crippen LogP contribution in [-0.4, -0.2) is 6.09 Å². The molecule has 1 aromatic rings. The van der Waals surface area contributed by atoms with Crippen molar-refractivity contribution in [2.24, 2.45) is 10.2 Å². The Bertz CT molecular complexity index is 361. The number of rotatable bonds is 1. The summed E-state index contributed by atoms with van der Waals surface area (Å²) in [6, 6.07) is 7.37. The molecule has 0 saturated carbocycles. The lowest BCUT2D eigenvalue weighted by Crippen LogP contribution is -1.97. The SMILES string of the molecule is O=C1N=NC(c2ccc(Br)cc2)O1. The fourth-order valence-corrected chi connectivity index (χ4v) is 1.27. The first-order valence-electron chi connectivity index (χ1n) is 3.62. The molecular weight excluding hydrogens is 236 g/mol. The number of carbonyl (C=O) groups excluding carboxylic acids is 1. The van der Waals surface area contributed by atoms with Crippen molar-refractivity contribution in [1.82, 2.24) is 0 Å². The lowest BCUT2D eigenvalue weighted by Gasteiger charge is -2.04. The maximum absolute atomic E-state index is 10.6. The van der Waals surface area contributed by atoms with Crippen LogP contribution in [0.15, 0.2) is 39.0 Å². The average molecular weight is 241 g/mol. The van der Waals surface area contributed by atoms with Gasteiger partial charge in [0, 0.05) is 10.0 Å². The van der Waals surface area contributed by atoms with Gasteiger partial charge in [-0.3, -0.25) is 0 Å². The number of benzene rings is 1. The molecule has 0 spiro atoms. The second-order valence-corrected chi connectivity index (χ2v) is 3.42. The molecule has 0 aromatic heterocycles. The van der Waals surface area contributed by atoms with Crippen LogP contribution in [0.1, 0.15) is 11.8 Å². The summed E-state index contributed by atoms with van der Waals surface area (Å²) in [5, 5.41) is 6.92. The number of hydrogen-bond acceptors (Lipinski definition) is 3. The highest BCUT2D eigenvalue weighted by Crippen LogP contribution is 2.25. The van der Waals surface area contributed by atoms with E-state index >= 15 is 0 Å². The fraction of sp³-hybridized carbons (Fsp3) is 0.125. The van der Waals surface area contributed by atoms with E-state index in [4.69, 9.17) is 4.74 Å². The molecule has 5 heteroatoms. The molecule has 1 unspecified atom stereocenters. The molecule has 1 amide bonds. The molecule has 2 rings (SSSR count). The summed E-state index contributed by atoms with van der Waals surface area (Å²) in [4.78, 5) is 10.6. The number of azo groups is 1. The minimum atomic E-state index is -0.632. The molecule has 1 aliphatic heterocycles. The van der Waals surface area contributed by atoms with Crippen LogP contribution in [0.5, 0.6) is 0 Å². The van der Waals surface area contributed by atoms with Gasteiger partial charge in [0.15, 0.2) is 0 Å². The summed E-state index contributed by atoms with van der Waals surface area (Å²) in [5.41, 5.74) is 0.817. The third-order valence-electron chi connectivity index (χ3n) is 1.61. The second kappa shape index (κ2) is 3.26. The molecule has 13 heavy (non-hydrogen) atoms. The number of halogens is 1. The van der Waals surface area contributed by atoms with Crippen LogP contribution in [0.3, 0.4) is 0 Å². The molecule has 0 radical (unpaired) electrons. The van der Waals surface area contributed by atoms with E-state index in [0.717, 1.165) is 10.0 Å². The van der Waals surface area contributed by atoms with Crippen LogP contribution in [0.2, 0.25) is 0 Å². The largest absolute Gasteiger partial charge is 0.454 e. The van der Waals surface area contributed by atoms with Crippen molar-refractivity contribution in [3.05, 3.63) is 34.3 Å². The third kappa shape index (κ3) is 1.75. The molecule has 0 bridgehead atoms. The minimum Gasteiger partial charge on any atom is -0.415 e. The summed E-state index contributed by atoms with van der Waals surface area (Å²) in [5.74, 6) is 0. The van der Waals surface area contributed by atoms with Crippen LogP contribution < -0.4 is 0 Å². The Morgan fingerprint density at radius 1 is 1.31 bits per heavy atom. The fourth-order valence-electron chi connectivity index (χ4n) is 1.00. The second-order valence-electron chi connectivity index (χ2n) is 2.50. The van der Waals surface area contributed by atoms with Crippen molar-refractivity contribution in [2.75, 3.05) is 0 Å². The molecule has 1 atom stereocenters. The smallest absolute Gasteiger partial charge is 0.415 e. The first kappa shape index (κ1) is 8.37. The van der Waals surface area contributed by atoms with Crippen LogP contribution >= 0.6 is 15.9 Å². The van der Waals surface area contributed by atoms with Gasteiger partial charge in [-0.2, -0.15) is 0 Å². The Kier molecular flexibility index (Phi) is 2.10. The van der Waals surface area contributed by atoms with Crippen molar-refractivity contribution in [3.63, 3.8) is 0 Å². The van der Waals surface area contributed by atoms with Crippen molar-refractivity contribution >= 4 is 22.0 Å². The number of hydrogen-bond donors (Lipinski definition) is 0. The van der Waals surface area contributed by atoms with Crippen LogP contribution in [0, 0.1) is 0 Å². The number of amides is 1. The highest BCUT2D eigenvalue weighted by Gasteiger charge is 2.21. The molecule has 4 nitrogen and oxygen atoms in total. The molecule has 1 aliphatic rings. The quantitative estimate of drug-likeness (QED) is 0.758. The minimum absolute atomic E-state index is 0.569. The molecule has 0 fully saturated rings. The average Bonchev–Trinajstić information content (AvgIpc) is 2.53. The van der Waals surface area contributed by atoms with E-state index < -0.39 is 12.3 Å². The van der Waals surface area contributed by atoms with Gasteiger partial charge in [-0.05, 0) is 12.1 Å². The molecule has 0 N–H and O–H groups in total. The van der Waals surface area contributed by atoms with Gasteiger partial charge in [0.1, 0.15) is 0 Å². The van der Waals surface area contributed by atoms with Gasteiger partial charge in [0.25, 0.3) is 0 Å². The Morgan fingerprint density at radius 2 is 2.00 bits per heavy atom. The standard InChI is InChI=1S/C8H5BrN2O2/c9-6-3-1-5(2-4-6)7-10-11-8(12)13-7/h1-4,7H. The zero-order valence-electron chi connectivity index (χ0n) is 6.48. The first-order valence-corrected chi connectivity index (χ1v) is 4.42. The van der Waals surface area contributed by atoms with Crippen molar-refractivity contribution < 1.29 is 9.53 Å². The molecule has 0 saturated heterocycles. The molecule has 66 valence electrons. The van der Waals surface area contributed by atoms with Crippen LogP contribution in [-0.2, 0) is 4.74 Å². The van der Waals surface area contributed by atoms with Gasteiger partial charge in [0.2, 0.25) is 6.23 Å². The third-order valence-corrected chi connectivity index (χ3v) is 2.14. The molecule has 1 aromatic carbocycles. The Labute approximate surface area is 82.7 Å². The topological polar surface area (TPSA) is 51.0 Å². The van der Waals surface area contributed by atoms with E-state index in [9.17, 15) is 4.79 Å². The van der Waals surface area contributed by atoms with Gasteiger partial charge < -0.3 is 4.74 Å². The number of nitrogens with zero attached hydrogens (tertiary/aromatic N) is 2. The zero-order valence-corrected chi connectivity index (χ0v) is 8.06. The highest BCUT2D eigenvalue weighted by molar-refractivity contribution is 9.10. The van der Waals surface area contributed by atoms with E-state index in [-0.39, 0.29) is 0 Å².